The predicted octanol–water partition coefficient (Wildman–Crippen LogP) is 1.48. The molecular formula is C12H20N2O3S. The van der Waals surface area contributed by atoms with Crippen LogP contribution in [0.1, 0.15) is 19.4 Å². The minimum absolute atomic E-state index is 0.0866. The minimum Gasteiger partial charge on any atom is -0.491 e. The fourth-order valence-corrected chi connectivity index (χ4v) is 1.89. The Labute approximate surface area is 108 Å². The Morgan fingerprint density at radius 3 is 2.56 bits per heavy atom. The summed E-state index contributed by atoms with van der Waals surface area (Å²) in [7, 11) is -3.42. The van der Waals surface area contributed by atoms with E-state index in [2.05, 4.69) is 5.32 Å². The molecule has 0 aliphatic rings. The van der Waals surface area contributed by atoms with Crippen molar-refractivity contribution < 1.29 is 13.2 Å². The smallest absolute Gasteiger partial charge is 0.210 e. The lowest BCUT2D eigenvalue weighted by molar-refractivity contribution is 0.242. The van der Waals surface area contributed by atoms with E-state index < -0.39 is 10.0 Å². The van der Waals surface area contributed by atoms with Gasteiger partial charge in [-0.3, -0.25) is 0 Å². The van der Waals surface area contributed by atoms with Crippen LogP contribution in [0.25, 0.3) is 0 Å². The second-order valence-corrected chi connectivity index (χ2v) is 6.17. The highest BCUT2D eigenvalue weighted by atomic mass is 32.2. The molecule has 0 heterocycles. The third-order valence-corrected chi connectivity index (χ3v) is 3.04. The summed E-state index contributed by atoms with van der Waals surface area (Å²) in [6, 6.07) is 5.64. The molecule has 5 nitrogen and oxygen atoms in total. The quantitative estimate of drug-likeness (QED) is 0.822. The summed E-state index contributed by atoms with van der Waals surface area (Å²) in [5.41, 5.74) is 1.89. The third kappa shape index (κ3) is 5.37. The molecule has 0 amide bonds. The van der Waals surface area contributed by atoms with Crippen molar-refractivity contribution in [1.29, 1.82) is 0 Å². The largest absolute Gasteiger partial charge is 0.491 e. The van der Waals surface area contributed by atoms with Crippen LogP contribution in [0.3, 0.4) is 0 Å². The Morgan fingerprint density at radius 2 is 2.06 bits per heavy atom. The van der Waals surface area contributed by atoms with Gasteiger partial charge < -0.3 is 10.1 Å². The Hall–Kier alpha value is -1.27. The standard InChI is InChI=1S/C12H20N2O3S/c1-9(2)17-11-4-5-12(10(3)8-11)14-6-7-18(13,15)16/h4-5,8-9,14H,6-7H2,1-3H3,(H2,13,15,16). The number of rotatable bonds is 6. The third-order valence-electron chi connectivity index (χ3n) is 2.27. The van der Waals surface area contributed by atoms with Crippen LogP contribution in [0.5, 0.6) is 5.75 Å². The summed E-state index contributed by atoms with van der Waals surface area (Å²) >= 11 is 0. The number of nitrogens with two attached hydrogens (primary N) is 1. The van der Waals surface area contributed by atoms with Gasteiger partial charge in [-0.1, -0.05) is 0 Å². The zero-order chi connectivity index (χ0) is 13.8. The maximum absolute atomic E-state index is 10.8. The monoisotopic (exact) mass is 272 g/mol. The van der Waals surface area contributed by atoms with E-state index in [0.29, 0.717) is 6.54 Å². The van der Waals surface area contributed by atoms with Crippen molar-refractivity contribution in [3.05, 3.63) is 23.8 Å². The Morgan fingerprint density at radius 1 is 1.39 bits per heavy atom. The predicted molar refractivity (Wildman–Crippen MR) is 73.4 cm³/mol. The fourth-order valence-electron chi connectivity index (χ4n) is 1.51. The summed E-state index contributed by atoms with van der Waals surface area (Å²) < 4.78 is 27.2. The van der Waals surface area contributed by atoms with Gasteiger partial charge in [-0.15, -0.1) is 0 Å². The molecule has 0 radical (unpaired) electrons. The van der Waals surface area contributed by atoms with Crippen LogP contribution >= 0.6 is 0 Å². The zero-order valence-electron chi connectivity index (χ0n) is 10.9. The molecule has 1 aromatic carbocycles. The first kappa shape index (κ1) is 14.8. The number of anilines is 1. The van der Waals surface area contributed by atoms with Crippen molar-refractivity contribution >= 4 is 15.7 Å². The van der Waals surface area contributed by atoms with Crippen molar-refractivity contribution in [2.24, 2.45) is 5.14 Å². The van der Waals surface area contributed by atoms with Crippen molar-refractivity contribution in [2.45, 2.75) is 26.9 Å². The molecule has 3 N–H and O–H groups in total. The minimum atomic E-state index is -3.42. The summed E-state index contributed by atoms with van der Waals surface area (Å²) in [5, 5.41) is 7.96. The molecule has 0 saturated carbocycles. The molecule has 6 heteroatoms. The van der Waals surface area contributed by atoms with E-state index in [9.17, 15) is 8.42 Å². The number of hydrogen-bond acceptors (Lipinski definition) is 4. The van der Waals surface area contributed by atoms with E-state index >= 15 is 0 Å². The van der Waals surface area contributed by atoms with Crippen LogP contribution in [0.4, 0.5) is 5.69 Å². The SMILES string of the molecule is Cc1cc(OC(C)C)ccc1NCCS(N)(=O)=O. The molecule has 0 saturated heterocycles. The van der Waals surface area contributed by atoms with Crippen molar-refractivity contribution in [1.82, 2.24) is 0 Å². The molecule has 0 bridgehead atoms. The van der Waals surface area contributed by atoms with Gasteiger partial charge in [-0.25, -0.2) is 13.6 Å². The summed E-state index contributed by atoms with van der Waals surface area (Å²) in [6.45, 7) is 6.16. The molecule has 18 heavy (non-hydrogen) atoms. The van der Waals surface area contributed by atoms with Gasteiger partial charge in [0.05, 0.1) is 11.9 Å². The average molecular weight is 272 g/mol. The van der Waals surface area contributed by atoms with Gasteiger partial charge in [0.25, 0.3) is 0 Å². The molecule has 1 aromatic rings. The highest BCUT2D eigenvalue weighted by molar-refractivity contribution is 7.89. The van der Waals surface area contributed by atoms with Crippen LogP contribution in [0.15, 0.2) is 18.2 Å². The highest BCUT2D eigenvalue weighted by Crippen LogP contribution is 2.21. The van der Waals surface area contributed by atoms with E-state index in [1.165, 1.54) is 0 Å². The molecule has 0 aliphatic carbocycles. The molecule has 0 atom stereocenters. The second kappa shape index (κ2) is 6.06. The fraction of sp³-hybridized carbons (Fsp3) is 0.500. The molecule has 1 rings (SSSR count). The van der Waals surface area contributed by atoms with Crippen LogP contribution in [0, 0.1) is 6.92 Å². The van der Waals surface area contributed by atoms with Crippen LogP contribution < -0.4 is 15.2 Å². The lowest BCUT2D eigenvalue weighted by Gasteiger charge is -2.13. The van der Waals surface area contributed by atoms with Crippen LogP contribution in [0.2, 0.25) is 0 Å². The van der Waals surface area contributed by atoms with E-state index in [1.54, 1.807) is 0 Å². The number of ether oxygens (including phenoxy) is 1. The first-order valence-corrected chi connectivity index (χ1v) is 7.51. The van der Waals surface area contributed by atoms with Gasteiger partial charge in [-0.2, -0.15) is 0 Å². The number of nitrogens with one attached hydrogen (secondary N) is 1. The molecular weight excluding hydrogens is 252 g/mol. The van der Waals surface area contributed by atoms with E-state index in [4.69, 9.17) is 9.88 Å². The van der Waals surface area contributed by atoms with Gasteiger partial charge in [0, 0.05) is 12.2 Å². The molecule has 0 aromatic heterocycles. The number of sulfonamides is 1. The van der Waals surface area contributed by atoms with E-state index in [1.807, 2.05) is 39.0 Å². The lowest BCUT2D eigenvalue weighted by Crippen LogP contribution is -2.22. The van der Waals surface area contributed by atoms with Gasteiger partial charge in [0.1, 0.15) is 5.75 Å². The van der Waals surface area contributed by atoms with Gasteiger partial charge in [0.15, 0.2) is 0 Å². The van der Waals surface area contributed by atoms with E-state index in [-0.39, 0.29) is 11.9 Å². The second-order valence-electron chi connectivity index (χ2n) is 4.44. The first-order chi connectivity index (χ1) is 8.28. The van der Waals surface area contributed by atoms with Crippen LogP contribution in [-0.2, 0) is 10.0 Å². The maximum Gasteiger partial charge on any atom is 0.210 e. The van der Waals surface area contributed by atoms with Crippen molar-refractivity contribution in [2.75, 3.05) is 17.6 Å². The van der Waals surface area contributed by atoms with Gasteiger partial charge >= 0.3 is 0 Å². The summed E-state index contributed by atoms with van der Waals surface area (Å²) in [4.78, 5) is 0. The summed E-state index contributed by atoms with van der Waals surface area (Å²) in [5.74, 6) is 0.718. The number of benzene rings is 1. The van der Waals surface area contributed by atoms with Gasteiger partial charge in [0.2, 0.25) is 10.0 Å². The highest BCUT2D eigenvalue weighted by Gasteiger charge is 2.05. The average Bonchev–Trinajstić information content (AvgIpc) is 2.18. The number of aryl methyl sites for hydroxylation is 1. The van der Waals surface area contributed by atoms with E-state index in [0.717, 1.165) is 17.0 Å². The Kier molecular flexibility index (Phi) is 4.98. The molecule has 0 spiro atoms. The number of primary sulfonamides is 1. The lowest BCUT2D eigenvalue weighted by atomic mass is 10.2. The maximum atomic E-state index is 10.8. The molecule has 102 valence electrons. The molecule has 0 fully saturated rings. The number of hydrogen-bond donors (Lipinski definition) is 2. The van der Waals surface area contributed by atoms with Crippen molar-refractivity contribution in [3.63, 3.8) is 0 Å². The van der Waals surface area contributed by atoms with Crippen LogP contribution in [-0.4, -0.2) is 26.8 Å². The molecule has 0 aliphatic heterocycles. The molecule has 0 unspecified atom stereocenters. The first-order valence-electron chi connectivity index (χ1n) is 5.79. The Balaban J connectivity index is 2.62. The van der Waals surface area contributed by atoms with Crippen molar-refractivity contribution in [3.8, 4) is 5.75 Å². The van der Waals surface area contributed by atoms with Gasteiger partial charge in [-0.05, 0) is 44.5 Å². The Bertz CT molecular complexity index is 498. The summed E-state index contributed by atoms with van der Waals surface area (Å²) in [6.07, 6.45) is 0.130. The zero-order valence-corrected chi connectivity index (χ0v) is 11.8. The topological polar surface area (TPSA) is 81.4 Å². The normalized spacial score (nSPS) is 11.6.